The number of H-pyrrole nitrogens is 1. The summed E-state index contributed by atoms with van der Waals surface area (Å²) in [6.07, 6.45) is 5.04. The first kappa shape index (κ1) is 22.8. The third-order valence-corrected chi connectivity index (χ3v) is 6.37. The summed E-state index contributed by atoms with van der Waals surface area (Å²) in [5.74, 6) is -0.428. The van der Waals surface area contributed by atoms with E-state index in [0.29, 0.717) is 6.42 Å². The van der Waals surface area contributed by atoms with Crippen molar-refractivity contribution in [3.05, 3.63) is 107 Å². The maximum absolute atomic E-state index is 13.6. The van der Waals surface area contributed by atoms with Crippen molar-refractivity contribution < 1.29 is 9.18 Å². The van der Waals surface area contributed by atoms with E-state index in [9.17, 15) is 9.18 Å². The fourth-order valence-corrected chi connectivity index (χ4v) is 4.54. The second kappa shape index (κ2) is 10.5. The number of halogens is 1. The van der Waals surface area contributed by atoms with Gasteiger partial charge >= 0.3 is 0 Å². The molecule has 0 aliphatic heterocycles. The Hall–Kier alpha value is -3.40. The molecule has 0 saturated heterocycles. The number of carbonyl (C=O) groups excluding carboxylic acids is 1. The molecule has 0 aliphatic rings. The lowest BCUT2D eigenvalue weighted by Crippen LogP contribution is -2.33. The molecule has 0 fully saturated rings. The first-order valence-electron chi connectivity index (χ1n) is 11.7. The van der Waals surface area contributed by atoms with Crippen LogP contribution in [0.15, 0.2) is 79.0 Å². The fraction of sp³-hybridized carbons (Fsp3) is 0.276. The molecule has 3 aromatic carbocycles. The van der Waals surface area contributed by atoms with E-state index in [-0.39, 0.29) is 23.7 Å². The highest BCUT2D eigenvalue weighted by Crippen LogP contribution is 2.34. The Morgan fingerprint density at radius 1 is 1.00 bits per heavy atom. The second-order valence-corrected chi connectivity index (χ2v) is 8.74. The van der Waals surface area contributed by atoms with Crippen molar-refractivity contribution in [1.82, 2.24) is 10.3 Å². The highest BCUT2D eigenvalue weighted by Gasteiger charge is 2.23. The summed E-state index contributed by atoms with van der Waals surface area (Å²) in [5.41, 5.74) is 5.63. The predicted molar refractivity (Wildman–Crippen MR) is 133 cm³/mol. The molecule has 1 amide bonds. The van der Waals surface area contributed by atoms with Crippen LogP contribution >= 0.6 is 0 Å². The van der Waals surface area contributed by atoms with Gasteiger partial charge in [-0.25, -0.2) is 4.39 Å². The molecule has 2 atom stereocenters. The number of para-hydroxylation sites is 1. The maximum Gasteiger partial charge on any atom is 0.221 e. The van der Waals surface area contributed by atoms with Crippen LogP contribution in [-0.4, -0.2) is 16.9 Å². The molecule has 4 rings (SSSR count). The van der Waals surface area contributed by atoms with Gasteiger partial charge in [0.25, 0.3) is 0 Å². The van der Waals surface area contributed by atoms with Crippen molar-refractivity contribution in [3.63, 3.8) is 0 Å². The van der Waals surface area contributed by atoms with Crippen molar-refractivity contribution in [2.24, 2.45) is 0 Å². The quantitative estimate of drug-likeness (QED) is 0.304. The number of hydrogen-bond acceptors (Lipinski definition) is 1. The number of nitrogens with one attached hydrogen (secondary N) is 2. The highest BCUT2D eigenvalue weighted by atomic mass is 19.1. The number of fused-ring (bicyclic) bond motifs is 1. The van der Waals surface area contributed by atoms with Gasteiger partial charge in [-0.3, -0.25) is 4.79 Å². The van der Waals surface area contributed by atoms with Gasteiger partial charge < -0.3 is 10.3 Å². The highest BCUT2D eigenvalue weighted by molar-refractivity contribution is 5.88. The van der Waals surface area contributed by atoms with Gasteiger partial charge in [0.2, 0.25) is 5.91 Å². The lowest BCUT2D eigenvalue weighted by molar-refractivity contribution is -0.121. The van der Waals surface area contributed by atoms with Crippen molar-refractivity contribution in [2.45, 2.75) is 51.5 Å². The molecule has 0 spiro atoms. The molecule has 3 nitrogen and oxygen atoms in total. The lowest BCUT2D eigenvalue weighted by atomic mass is 9.87. The number of carbonyl (C=O) groups is 1. The van der Waals surface area contributed by atoms with Crippen molar-refractivity contribution in [2.75, 3.05) is 0 Å². The minimum Gasteiger partial charge on any atom is -0.361 e. The molecule has 0 bridgehead atoms. The van der Waals surface area contributed by atoms with Crippen LogP contribution < -0.4 is 5.32 Å². The summed E-state index contributed by atoms with van der Waals surface area (Å²) in [6.45, 7) is 4.18. The van der Waals surface area contributed by atoms with E-state index >= 15 is 0 Å². The zero-order valence-corrected chi connectivity index (χ0v) is 19.3. The van der Waals surface area contributed by atoms with Crippen LogP contribution in [-0.2, 0) is 17.6 Å². The second-order valence-electron chi connectivity index (χ2n) is 8.74. The van der Waals surface area contributed by atoms with Gasteiger partial charge in [-0.15, -0.1) is 0 Å². The van der Waals surface area contributed by atoms with Crippen LogP contribution in [0.1, 0.15) is 54.9 Å². The molecule has 0 aliphatic carbocycles. The smallest absolute Gasteiger partial charge is 0.221 e. The zero-order chi connectivity index (χ0) is 23.2. The third-order valence-electron chi connectivity index (χ3n) is 6.37. The molecular formula is C29H31FN2O. The third kappa shape index (κ3) is 5.51. The Bertz CT molecular complexity index is 1200. The van der Waals surface area contributed by atoms with Crippen LogP contribution in [0.4, 0.5) is 4.39 Å². The summed E-state index contributed by atoms with van der Waals surface area (Å²) < 4.78 is 13.6. The molecular weight excluding hydrogens is 411 g/mol. The predicted octanol–water partition coefficient (Wildman–Crippen LogP) is 6.53. The van der Waals surface area contributed by atoms with Crippen LogP contribution in [0.3, 0.4) is 0 Å². The Kier molecular flexibility index (Phi) is 7.23. The molecule has 170 valence electrons. The lowest BCUT2D eigenvalue weighted by Gasteiger charge is -2.20. The maximum atomic E-state index is 13.6. The Morgan fingerprint density at radius 2 is 1.76 bits per heavy atom. The average Bonchev–Trinajstić information content (AvgIpc) is 3.26. The van der Waals surface area contributed by atoms with Crippen LogP contribution in [0.2, 0.25) is 0 Å². The van der Waals surface area contributed by atoms with Gasteiger partial charge in [-0.2, -0.15) is 0 Å². The molecule has 4 heteroatoms. The van der Waals surface area contributed by atoms with Gasteiger partial charge in [0.15, 0.2) is 0 Å². The number of amides is 1. The SMILES string of the molecule is CCc1cccc2c([C@@H](CC(=O)N[C@H](C)CCc3ccccc3)c3ccc(F)cc3)c[nH]c12. The molecule has 0 unspecified atom stereocenters. The number of hydrogen-bond donors (Lipinski definition) is 2. The monoisotopic (exact) mass is 442 g/mol. The number of aryl methyl sites for hydroxylation is 2. The van der Waals surface area contributed by atoms with Crippen LogP contribution in [0.5, 0.6) is 0 Å². The van der Waals surface area contributed by atoms with Crippen LogP contribution in [0.25, 0.3) is 10.9 Å². The first-order valence-corrected chi connectivity index (χ1v) is 11.7. The largest absolute Gasteiger partial charge is 0.361 e. The Labute approximate surface area is 195 Å². The van der Waals surface area contributed by atoms with E-state index in [1.165, 1.54) is 23.3 Å². The molecule has 0 radical (unpaired) electrons. The normalized spacial score (nSPS) is 13.1. The van der Waals surface area contributed by atoms with E-state index < -0.39 is 0 Å². The van der Waals surface area contributed by atoms with E-state index in [0.717, 1.165) is 41.3 Å². The molecule has 33 heavy (non-hydrogen) atoms. The van der Waals surface area contributed by atoms with Crippen molar-refractivity contribution >= 4 is 16.8 Å². The number of aromatic nitrogens is 1. The van der Waals surface area contributed by atoms with Gasteiger partial charge in [0.1, 0.15) is 5.82 Å². The summed E-state index contributed by atoms with van der Waals surface area (Å²) in [7, 11) is 0. The van der Waals surface area contributed by atoms with Crippen molar-refractivity contribution in [1.29, 1.82) is 0 Å². The fourth-order valence-electron chi connectivity index (χ4n) is 4.54. The zero-order valence-electron chi connectivity index (χ0n) is 19.3. The van der Waals surface area contributed by atoms with E-state index in [1.807, 2.05) is 31.3 Å². The minimum absolute atomic E-state index is 0.00545. The molecule has 1 heterocycles. The molecule has 1 aromatic heterocycles. The number of benzene rings is 3. The minimum atomic E-state index is -0.274. The molecule has 4 aromatic rings. The summed E-state index contributed by atoms with van der Waals surface area (Å²) in [5, 5.41) is 4.29. The van der Waals surface area contributed by atoms with Gasteiger partial charge in [-0.05, 0) is 60.6 Å². The van der Waals surface area contributed by atoms with E-state index in [2.05, 4.69) is 47.6 Å². The molecule has 0 saturated carbocycles. The Balaban J connectivity index is 1.53. The topological polar surface area (TPSA) is 44.9 Å². The van der Waals surface area contributed by atoms with E-state index in [1.54, 1.807) is 12.1 Å². The number of rotatable bonds is 9. The average molecular weight is 443 g/mol. The van der Waals surface area contributed by atoms with Gasteiger partial charge in [0, 0.05) is 35.5 Å². The summed E-state index contributed by atoms with van der Waals surface area (Å²) in [4.78, 5) is 16.5. The van der Waals surface area contributed by atoms with Crippen molar-refractivity contribution in [3.8, 4) is 0 Å². The summed E-state index contributed by atoms with van der Waals surface area (Å²) >= 11 is 0. The standard InChI is InChI=1S/C29H31FN2O/c1-3-22-10-7-11-25-27(19-31-29(22)25)26(23-14-16-24(30)17-15-23)18-28(33)32-20(2)12-13-21-8-5-4-6-9-21/h4-11,14-17,19-20,26,31H,3,12-13,18H2,1-2H3,(H,32,33)/t20-,26+/m1/s1. The van der Waals surface area contributed by atoms with Gasteiger partial charge in [-0.1, -0.05) is 67.6 Å². The van der Waals surface area contributed by atoms with Gasteiger partial charge in [0.05, 0.1) is 0 Å². The Morgan fingerprint density at radius 3 is 2.48 bits per heavy atom. The molecule has 2 N–H and O–H groups in total. The number of aromatic amines is 1. The summed E-state index contributed by atoms with van der Waals surface area (Å²) in [6, 6.07) is 23.2. The van der Waals surface area contributed by atoms with Crippen LogP contribution in [0, 0.1) is 5.82 Å². The first-order chi connectivity index (χ1) is 16.0. The van der Waals surface area contributed by atoms with E-state index in [4.69, 9.17) is 0 Å².